The summed E-state index contributed by atoms with van der Waals surface area (Å²) in [5, 5.41) is 0. The van der Waals surface area contributed by atoms with Gasteiger partial charge in [0.1, 0.15) is 0 Å². The van der Waals surface area contributed by atoms with Crippen LogP contribution in [0.2, 0.25) is 0 Å². The molecule has 0 N–H and O–H groups in total. The summed E-state index contributed by atoms with van der Waals surface area (Å²) in [5.74, 6) is 0. The van der Waals surface area contributed by atoms with Gasteiger partial charge in [0.2, 0.25) is 0 Å². The molecular weight excluding hydrogens is 367 g/mol. The van der Waals surface area contributed by atoms with Gasteiger partial charge in [-0.15, -0.1) is 0 Å². The minimum atomic E-state index is -2.85. The van der Waals surface area contributed by atoms with Crippen LogP contribution in [-0.4, -0.2) is 19.4 Å². The predicted octanol–water partition coefficient (Wildman–Crippen LogP) is 9.29. The second kappa shape index (κ2) is 21.8. The first-order chi connectivity index (χ1) is 13.7. The first kappa shape index (κ1) is 28.1. The number of unbranched alkanes of at least 4 members (excludes halogenated alkanes) is 15. The van der Waals surface area contributed by atoms with Gasteiger partial charge in [-0.2, -0.15) is 0 Å². The van der Waals surface area contributed by atoms with Crippen LogP contribution >= 0.6 is 7.60 Å². The van der Waals surface area contributed by atoms with Crippen molar-refractivity contribution >= 4 is 7.60 Å². The summed E-state index contributed by atoms with van der Waals surface area (Å²) in [6, 6.07) is 0. The molecule has 1 atom stereocenters. The smallest absolute Gasteiger partial charge is 0.309 e. The Morgan fingerprint density at radius 1 is 0.464 bits per heavy atom. The zero-order chi connectivity index (χ0) is 20.8. The summed E-state index contributed by atoms with van der Waals surface area (Å²) in [5.41, 5.74) is 0. The van der Waals surface area contributed by atoms with E-state index < -0.39 is 7.60 Å². The fourth-order valence-corrected chi connectivity index (χ4v) is 5.22. The molecule has 1 unspecified atom stereocenters. The molecule has 0 fully saturated rings. The molecule has 0 heterocycles. The number of hydrogen-bond donors (Lipinski definition) is 0. The van der Waals surface area contributed by atoms with Crippen LogP contribution in [0.5, 0.6) is 0 Å². The molecule has 0 saturated carbocycles. The van der Waals surface area contributed by atoms with E-state index >= 15 is 0 Å². The van der Waals surface area contributed by atoms with Crippen molar-refractivity contribution < 1.29 is 13.6 Å². The van der Waals surface area contributed by atoms with Crippen LogP contribution in [0, 0.1) is 0 Å². The van der Waals surface area contributed by atoms with Gasteiger partial charge >= 0.3 is 7.60 Å². The highest BCUT2D eigenvalue weighted by Crippen LogP contribution is 2.49. The summed E-state index contributed by atoms with van der Waals surface area (Å²) in [6.07, 6.45) is 23.4. The van der Waals surface area contributed by atoms with Crippen molar-refractivity contribution in [1.82, 2.24) is 0 Å². The molecule has 3 nitrogen and oxygen atoms in total. The Balaban J connectivity index is 3.49. The fraction of sp³-hybridized carbons (Fsp3) is 1.00. The molecule has 0 amide bonds. The van der Waals surface area contributed by atoms with Crippen molar-refractivity contribution in [3.63, 3.8) is 0 Å². The summed E-state index contributed by atoms with van der Waals surface area (Å²) < 4.78 is 24.1. The summed E-state index contributed by atoms with van der Waals surface area (Å²) in [6.45, 7) is 7.67. The quantitative estimate of drug-likeness (QED) is 0.122. The van der Waals surface area contributed by atoms with E-state index in [1.54, 1.807) is 0 Å². The van der Waals surface area contributed by atoms with Crippen molar-refractivity contribution in [3.05, 3.63) is 0 Å². The van der Waals surface area contributed by atoms with Crippen LogP contribution in [-0.2, 0) is 13.6 Å². The highest BCUT2D eigenvalue weighted by Gasteiger charge is 2.23. The molecule has 0 rings (SSSR count). The third kappa shape index (κ3) is 19.5. The lowest BCUT2D eigenvalue weighted by Gasteiger charge is -2.18. The standard InChI is InChI=1S/C24H51O3P/c1-4-7-10-11-12-13-14-15-16-17-18-19-20-21-23-27-28(25,24-9-6-3)26-22-8-5-2/h4-24H2,1-3H3. The van der Waals surface area contributed by atoms with E-state index in [9.17, 15) is 4.57 Å². The van der Waals surface area contributed by atoms with Gasteiger partial charge in [0, 0.05) is 0 Å². The SMILES string of the molecule is CCCCCCCCCCCCCCCCOP(=O)(CCCC)OCCCC. The third-order valence-corrected chi connectivity index (χ3v) is 7.37. The fourth-order valence-electron chi connectivity index (χ4n) is 3.37. The van der Waals surface area contributed by atoms with Crippen LogP contribution in [0.3, 0.4) is 0 Å². The summed E-state index contributed by atoms with van der Waals surface area (Å²) >= 11 is 0. The van der Waals surface area contributed by atoms with E-state index in [1.165, 1.54) is 83.5 Å². The van der Waals surface area contributed by atoms with Gasteiger partial charge in [0.05, 0.1) is 19.4 Å². The molecule has 0 radical (unpaired) electrons. The van der Waals surface area contributed by atoms with Gasteiger partial charge in [0.25, 0.3) is 0 Å². The zero-order valence-corrected chi connectivity index (χ0v) is 20.4. The van der Waals surface area contributed by atoms with Crippen molar-refractivity contribution in [1.29, 1.82) is 0 Å². The van der Waals surface area contributed by atoms with Crippen LogP contribution < -0.4 is 0 Å². The normalized spacial score (nSPS) is 13.7. The Hall–Kier alpha value is 0.150. The second-order valence-corrected chi connectivity index (χ2v) is 10.5. The van der Waals surface area contributed by atoms with Crippen LogP contribution in [0.15, 0.2) is 0 Å². The van der Waals surface area contributed by atoms with E-state index in [0.717, 1.165) is 32.1 Å². The van der Waals surface area contributed by atoms with Crippen LogP contribution in [0.1, 0.15) is 136 Å². The van der Waals surface area contributed by atoms with E-state index in [0.29, 0.717) is 19.4 Å². The molecule has 0 aromatic rings. The topological polar surface area (TPSA) is 35.5 Å². The van der Waals surface area contributed by atoms with Gasteiger partial charge in [-0.25, -0.2) is 0 Å². The van der Waals surface area contributed by atoms with Gasteiger partial charge < -0.3 is 9.05 Å². The van der Waals surface area contributed by atoms with Crippen molar-refractivity contribution in [2.75, 3.05) is 19.4 Å². The Kier molecular flexibility index (Phi) is 22.0. The van der Waals surface area contributed by atoms with Crippen LogP contribution in [0.25, 0.3) is 0 Å². The lowest BCUT2D eigenvalue weighted by atomic mass is 10.0. The largest absolute Gasteiger partial charge is 0.330 e. The molecule has 28 heavy (non-hydrogen) atoms. The molecule has 0 aliphatic carbocycles. The molecule has 0 spiro atoms. The van der Waals surface area contributed by atoms with Gasteiger partial charge in [-0.3, -0.25) is 4.57 Å². The van der Waals surface area contributed by atoms with E-state index in [1.807, 2.05) is 0 Å². The maximum Gasteiger partial charge on any atom is 0.330 e. The van der Waals surface area contributed by atoms with Crippen molar-refractivity contribution in [2.45, 2.75) is 136 Å². The minimum absolute atomic E-state index is 0.566. The molecule has 0 aromatic carbocycles. The van der Waals surface area contributed by atoms with Crippen molar-refractivity contribution in [3.8, 4) is 0 Å². The lowest BCUT2D eigenvalue weighted by molar-refractivity contribution is 0.198. The molecule has 0 bridgehead atoms. The third-order valence-electron chi connectivity index (χ3n) is 5.36. The first-order valence-electron chi connectivity index (χ1n) is 12.6. The predicted molar refractivity (Wildman–Crippen MR) is 125 cm³/mol. The highest BCUT2D eigenvalue weighted by atomic mass is 31.2. The zero-order valence-electron chi connectivity index (χ0n) is 19.5. The van der Waals surface area contributed by atoms with Crippen LogP contribution in [0.4, 0.5) is 0 Å². The molecule has 0 saturated heterocycles. The number of hydrogen-bond acceptors (Lipinski definition) is 3. The summed E-state index contributed by atoms with van der Waals surface area (Å²) in [4.78, 5) is 0. The van der Waals surface area contributed by atoms with E-state index in [2.05, 4.69) is 20.8 Å². The molecule has 4 heteroatoms. The molecule has 0 aliphatic rings. The molecule has 0 aromatic heterocycles. The monoisotopic (exact) mass is 418 g/mol. The molecular formula is C24H51O3P. The minimum Gasteiger partial charge on any atom is -0.309 e. The van der Waals surface area contributed by atoms with Gasteiger partial charge in [-0.05, 0) is 19.3 Å². The molecule has 170 valence electrons. The average Bonchev–Trinajstić information content (AvgIpc) is 2.69. The van der Waals surface area contributed by atoms with E-state index in [4.69, 9.17) is 9.05 Å². The Morgan fingerprint density at radius 3 is 1.25 bits per heavy atom. The maximum absolute atomic E-state index is 12.7. The summed E-state index contributed by atoms with van der Waals surface area (Å²) in [7, 11) is -2.85. The molecule has 0 aliphatic heterocycles. The maximum atomic E-state index is 12.7. The van der Waals surface area contributed by atoms with Gasteiger partial charge in [0.15, 0.2) is 0 Å². The highest BCUT2D eigenvalue weighted by molar-refractivity contribution is 7.53. The average molecular weight is 419 g/mol. The van der Waals surface area contributed by atoms with Crippen molar-refractivity contribution in [2.24, 2.45) is 0 Å². The Morgan fingerprint density at radius 2 is 0.821 bits per heavy atom. The second-order valence-electron chi connectivity index (χ2n) is 8.30. The van der Waals surface area contributed by atoms with Gasteiger partial charge in [-0.1, -0.05) is 117 Å². The Labute approximate surface area is 177 Å². The Bertz CT molecular complexity index is 347. The lowest BCUT2D eigenvalue weighted by Crippen LogP contribution is -2.03. The number of rotatable bonds is 23. The van der Waals surface area contributed by atoms with E-state index in [-0.39, 0.29) is 0 Å². The first-order valence-corrected chi connectivity index (χ1v) is 14.3.